The van der Waals surface area contributed by atoms with E-state index in [4.69, 9.17) is 0 Å². The number of amides is 1. The molecule has 1 N–H and O–H groups in total. The number of carbonyl (C=O) groups is 1. The summed E-state index contributed by atoms with van der Waals surface area (Å²) in [4.78, 5) is 14.9. The largest absolute Gasteiger partial charge is 0.342 e. The van der Waals surface area contributed by atoms with Crippen molar-refractivity contribution < 1.29 is 4.79 Å². The third kappa shape index (κ3) is 3.59. The van der Waals surface area contributed by atoms with Crippen LogP contribution in [-0.4, -0.2) is 34.7 Å². The lowest BCUT2D eigenvalue weighted by molar-refractivity contribution is -0.123. The fraction of sp³-hybridized carbons (Fsp3) is 0.333. The van der Waals surface area contributed by atoms with Crippen LogP contribution in [0.4, 0.5) is 0 Å². The van der Waals surface area contributed by atoms with Gasteiger partial charge in [0.2, 0.25) is 0 Å². The topological polar surface area (TPSA) is 49.6 Å². The average molecular weight is 465 g/mol. The molecular weight excluding hydrogens is 440 g/mol. The number of rotatable bonds is 4. The molecule has 0 saturated heterocycles. The van der Waals surface area contributed by atoms with Gasteiger partial charge in [0.1, 0.15) is 0 Å². The summed E-state index contributed by atoms with van der Waals surface area (Å²) in [6.45, 7) is 4.35. The first-order chi connectivity index (χ1) is 14.6. The molecule has 2 aliphatic rings. The van der Waals surface area contributed by atoms with Gasteiger partial charge < -0.3 is 4.57 Å². The van der Waals surface area contributed by atoms with Crippen LogP contribution >= 0.6 is 15.9 Å². The van der Waals surface area contributed by atoms with Crippen LogP contribution in [0.1, 0.15) is 41.3 Å². The normalized spacial score (nSPS) is 18.7. The number of hydrazone groups is 1. The number of hydrogen-bond acceptors (Lipinski definition) is 3. The molecule has 1 atom stereocenters. The van der Waals surface area contributed by atoms with Gasteiger partial charge >= 0.3 is 0 Å². The molecule has 1 aromatic heterocycles. The fourth-order valence-electron chi connectivity index (χ4n) is 4.97. The number of nitrogens with zero attached hydrogens (tertiary/aromatic N) is 3. The summed E-state index contributed by atoms with van der Waals surface area (Å²) in [5, 5.41) is 5.54. The third-order valence-corrected chi connectivity index (χ3v) is 6.73. The molecule has 0 bridgehead atoms. The SMILES string of the molecule is Cc1ccc2c(c1)c1c3n2CCN(CC(=O)N/N=C\c2cccc(Br)c2)[C@@H]3CCC1. The predicted octanol–water partition coefficient (Wildman–Crippen LogP) is 4.56. The Hall–Kier alpha value is -2.44. The van der Waals surface area contributed by atoms with Crippen LogP contribution in [-0.2, 0) is 17.8 Å². The van der Waals surface area contributed by atoms with E-state index >= 15 is 0 Å². The van der Waals surface area contributed by atoms with E-state index in [0.717, 1.165) is 36.0 Å². The highest BCUT2D eigenvalue weighted by molar-refractivity contribution is 9.10. The van der Waals surface area contributed by atoms with Crippen LogP contribution in [0.15, 0.2) is 52.0 Å². The molecule has 1 amide bonds. The smallest absolute Gasteiger partial charge is 0.254 e. The Morgan fingerprint density at radius 1 is 1.27 bits per heavy atom. The standard InChI is InChI=1S/C24H25BrN4O/c1-16-8-9-21-20(12-16)19-6-3-7-22-24(19)29(21)11-10-28(22)15-23(30)27-26-14-17-4-2-5-18(25)13-17/h2,4-5,8-9,12-14,22H,3,6-7,10-11,15H2,1H3,(H,27,30)/b26-14-/t22-/m1/s1. The molecule has 5 nitrogen and oxygen atoms in total. The first-order valence-electron chi connectivity index (χ1n) is 10.5. The number of nitrogens with one attached hydrogen (secondary N) is 1. The van der Waals surface area contributed by atoms with Gasteiger partial charge in [0.05, 0.1) is 18.8 Å². The summed E-state index contributed by atoms with van der Waals surface area (Å²) in [6, 6.07) is 14.9. The summed E-state index contributed by atoms with van der Waals surface area (Å²) in [5.41, 5.74) is 9.22. The monoisotopic (exact) mass is 464 g/mol. The number of hydrogen-bond donors (Lipinski definition) is 1. The second-order valence-corrected chi connectivity index (χ2v) is 9.18. The van der Waals surface area contributed by atoms with Gasteiger partial charge in [0.25, 0.3) is 5.91 Å². The van der Waals surface area contributed by atoms with Crippen LogP contribution < -0.4 is 5.43 Å². The quantitative estimate of drug-likeness (QED) is 0.454. The van der Waals surface area contributed by atoms with E-state index in [2.05, 4.69) is 61.0 Å². The molecule has 0 saturated carbocycles. The summed E-state index contributed by atoms with van der Waals surface area (Å²) < 4.78 is 3.48. The van der Waals surface area contributed by atoms with Gasteiger partial charge in [-0.25, -0.2) is 5.43 Å². The van der Waals surface area contributed by atoms with Gasteiger partial charge in [0, 0.05) is 34.2 Å². The van der Waals surface area contributed by atoms with E-state index in [-0.39, 0.29) is 5.91 Å². The van der Waals surface area contributed by atoms with Crippen molar-refractivity contribution in [3.63, 3.8) is 0 Å². The summed E-state index contributed by atoms with van der Waals surface area (Å²) in [7, 11) is 0. The van der Waals surface area contributed by atoms with Crippen LogP contribution in [0.2, 0.25) is 0 Å². The Balaban J connectivity index is 1.33. The summed E-state index contributed by atoms with van der Waals surface area (Å²) >= 11 is 3.45. The Morgan fingerprint density at radius 2 is 2.17 bits per heavy atom. The van der Waals surface area contributed by atoms with Gasteiger partial charge in [-0.3, -0.25) is 9.69 Å². The molecule has 0 radical (unpaired) electrons. The van der Waals surface area contributed by atoms with Crippen molar-refractivity contribution in [1.29, 1.82) is 0 Å². The van der Waals surface area contributed by atoms with Crippen molar-refractivity contribution in [1.82, 2.24) is 14.9 Å². The highest BCUT2D eigenvalue weighted by Crippen LogP contribution is 2.42. The van der Waals surface area contributed by atoms with Gasteiger partial charge in [-0.1, -0.05) is 39.7 Å². The number of fused-ring (bicyclic) bond motifs is 3. The molecule has 5 rings (SSSR count). The van der Waals surface area contributed by atoms with Crippen molar-refractivity contribution >= 4 is 39.0 Å². The molecule has 1 aliphatic carbocycles. The molecule has 1 aliphatic heterocycles. The van der Waals surface area contributed by atoms with Gasteiger partial charge in [-0.05, 0) is 61.6 Å². The highest BCUT2D eigenvalue weighted by atomic mass is 79.9. The summed E-state index contributed by atoms with van der Waals surface area (Å²) in [5.74, 6) is -0.0613. The average Bonchev–Trinajstić information content (AvgIpc) is 3.05. The Kier molecular flexibility index (Phi) is 5.21. The lowest BCUT2D eigenvalue weighted by atomic mass is 9.89. The second-order valence-electron chi connectivity index (χ2n) is 8.26. The molecule has 30 heavy (non-hydrogen) atoms. The van der Waals surface area contributed by atoms with Crippen LogP contribution in [0, 0.1) is 6.92 Å². The van der Waals surface area contributed by atoms with Gasteiger partial charge in [-0.15, -0.1) is 0 Å². The minimum Gasteiger partial charge on any atom is -0.342 e. The zero-order valence-electron chi connectivity index (χ0n) is 17.1. The Bertz CT molecular complexity index is 1150. The fourth-order valence-corrected chi connectivity index (χ4v) is 5.38. The van der Waals surface area contributed by atoms with Crippen LogP contribution in [0.5, 0.6) is 0 Å². The first kappa shape index (κ1) is 19.5. The zero-order chi connectivity index (χ0) is 20.7. The summed E-state index contributed by atoms with van der Waals surface area (Å²) in [6.07, 6.45) is 5.09. The Morgan fingerprint density at radius 3 is 3.03 bits per heavy atom. The van der Waals surface area contributed by atoms with Crippen molar-refractivity contribution in [2.24, 2.45) is 5.10 Å². The second kappa shape index (κ2) is 8.00. The lowest BCUT2D eigenvalue weighted by Gasteiger charge is -2.39. The molecule has 0 unspecified atom stereocenters. The van der Waals surface area contributed by atoms with Gasteiger partial charge in [-0.2, -0.15) is 5.10 Å². The van der Waals surface area contributed by atoms with E-state index < -0.39 is 0 Å². The van der Waals surface area contributed by atoms with E-state index in [1.54, 1.807) is 6.21 Å². The van der Waals surface area contributed by atoms with Crippen molar-refractivity contribution in [2.75, 3.05) is 13.1 Å². The molecule has 0 spiro atoms. The molecule has 6 heteroatoms. The van der Waals surface area contributed by atoms with E-state index in [0.29, 0.717) is 12.6 Å². The number of aryl methyl sites for hydroxylation is 2. The molecular formula is C24H25BrN4O. The lowest BCUT2D eigenvalue weighted by Crippen LogP contribution is -2.44. The maximum absolute atomic E-state index is 12.6. The Labute approximate surface area is 184 Å². The number of aromatic nitrogens is 1. The molecule has 0 fully saturated rings. The maximum atomic E-state index is 12.6. The number of benzene rings is 2. The minimum absolute atomic E-state index is 0.0613. The highest BCUT2D eigenvalue weighted by Gasteiger charge is 2.35. The third-order valence-electron chi connectivity index (χ3n) is 6.24. The minimum atomic E-state index is -0.0613. The first-order valence-corrected chi connectivity index (χ1v) is 11.3. The van der Waals surface area contributed by atoms with E-state index in [9.17, 15) is 4.79 Å². The van der Waals surface area contributed by atoms with E-state index in [1.165, 1.54) is 34.1 Å². The number of halogens is 1. The molecule has 2 aromatic carbocycles. The van der Waals surface area contributed by atoms with Crippen LogP contribution in [0.25, 0.3) is 10.9 Å². The number of carbonyl (C=O) groups excluding carboxylic acids is 1. The van der Waals surface area contributed by atoms with E-state index in [1.807, 2.05) is 24.3 Å². The molecule has 3 aromatic rings. The van der Waals surface area contributed by atoms with Crippen molar-refractivity contribution in [3.8, 4) is 0 Å². The van der Waals surface area contributed by atoms with Crippen molar-refractivity contribution in [3.05, 3.63) is 69.3 Å². The van der Waals surface area contributed by atoms with Gasteiger partial charge in [0.15, 0.2) is 0 Å². The zero-order valence-corrected chi connectivity index (χ0v) is 18.7. The molecule has 2 heterocycles. The van der Waals surface area contributed by atoms with Crippen molar-refractivity contribution in [2.45, 2.75) is 38.8 Å². The van der Waals surface area contributed by atoms with Crippen LogP contribution in [0.3, 0.4) is 0 Å². The maximum Gasteiger partial charge on any atom is 0.254 e. The predicted molar refractivity (Wildman–Crippen MR) is 124 cm³/mol. The molecule has 154 valence electrons.